The van der Waals surface area contributed by atoms with Crippen LogP contribution in [0.5, 0.6) is 5.75 Å². The van der Waals surface area contributed by atoms with E-state index in [2.05, 4.69) is 80.8 Å². The lowest BCUT2D eigenvalue weighted by Gasteiger charge is -2.41. The van der Waals surface area contributed by atoms with E-state index >= 15 is 0 Å². The van der Waals surface area contributed by atoms with Crippen LogP contribution in [0.15, 0.2) is 84.1 Å². The van der Waals surface area contributed by atoms with Gasteiger partial charge >= 0.3 is 0 Å². The molecule has 0 radical (unpaired) electrons. The summed E-state index contributed by atoms with van der Waals surface area (Å²) in [4.78, 5) is 51.7. The number of piperazine rings is 1. The SMILES string of the molecule is O=C1CCC(N2CC3=CC(N4CCN(CC5CCN(c6ccc(C7=C(c8ccc(C9CC9)nc8)CCCc8cc(O)ccc87)cc6)CC5)CC4)CC=C3C2=O)C(=O)N1. The number of imide groups is 1. The van der Waals surface area contributed by atoms with E-state index in [1.54, 1.807) is 4.90 Å². The number of amides is 3. The van der Waals surface area contributed by atoms with Crippen LogP contribution >= 0.6 is 0 Å². The van der Waals surface area contributed by atoms with Crippen LogP contribution < -0.4 is 10.2 Å². The highest BCUT2D eigenvalue weighted by Gasteiger charge is 2.42. The molecule has 2 atom stereocenters. The smallest absolute Gasteiger partial charge is 0.254 e. The Bertz CT molecular complexity index is 2190. The third-order valence-electron chi connectivity index (χ3n) is 13.9. The summed E-state index contributed by atoms with van der Waals surface area (Å²) in [5.41, 5.74) is 11.7. The summed E-state index contributed by atoms with van der Waals surface area (Å²) in [5.74, 6) is 0.972. The van der Waals surface area contributed by atoms with Crippen molar-refractivity contribution in [1.29, 1.82) is 0 Å². The van der Waals surface area contributed by atoms with Crippen molar-refractivity contribution in [2.24, 2.45) is 5.92 Å². The molecule has 2 unspecified atom stereocenters. The third-order valence-corrected chi connectivity index (χ3v) is 13.9. The molecule has 2 aromatic carbocycles. The van der Waals surface area contributed by atoms with E-state index in [-0.39, 0.29) is 30.2 Å². The highest BCUT2D eigenvalue weighted by atomic mass is 16.3. The molecule has 3 aliphatic carbocycles. The van der Waals surface area contributed by atoms with Gasteiger partial charge in [0.05, 0.1) is 0 Å². The molecule has 4 saturated heterocycles. The fraction of sp³-hybridized carbons (Fsp3) is 0.458. The Kier molecular flexibility index (Phi) is 10.0. The van der Waals surface area contributed by atoms with Gasteiger partial charge < -0.3 is 19.8 Å². The number of phenolic OH excluding ortho intramolecular Hbond substituents is 1. The zero-order valence-corrected chi connectivity index (χ0v) is 33.4. The van der Waals surface area contributed by atoms with Crippen molar-refractivity contribution >= 4 is 34.6 Å². The summed E-state index contributed by atoms with van der Waals surface area (Å²) in [5, 5.41) is 12.8. The van der Waals surface area contributed by atoms with Gasteiger partial charge in [0, 0.05) is 93.9 Å². The molecule has 5 heterocycles. The maximum Gasteiger partial charge on any atom is 0.254 e. The molecule has 58 heavy (non-hydrogen) atoms. The van der Waals surface area contributed by atoms with Gasteiger partial charge in [-0.3, -0.25) is 29.6 Å². The number of anilines is 1. The number of aromatic hydroxyl groups is 1. The first-order valence-electron chi connectivity index (χ1n) is 21.7. The number of likely N-dealkylation sites (tertiary alicyclic amines) is 1. The van der Waals surface area contributed by atoms with Gasteiger partial charge in [-0.25, -0.2) is 0 Å². The zero-order chi connectivity index (χ0) is 39.3. The maximum atomic E-state index is 13.2. The van der Waals surface area contributed by atoms with Gasteiger partial charge in [-0.1, -0.05) is 36.4 Å². The number of rotatable bonds is 8. The number of phenols is 1. The Morgan fingerprint density at radius 3 is 2.34 bits per heavy atom. The Morgan fingerprint density at radius 2 is 1.60 bits per heavy atom. The van der Waals surface area contributed by atoms with E-state index in [1.807, 2.05) is 12.1 Å². The average molecular weight is 779 g/mol. The van der Waals surface area contributed by atoms with Gasteiger partial charge in [-0.05, 0) is 133 Å². The first-order valence-corrected chi connectivity index (χ1v) is 21.7. The van der Waals surface area contributed by atoms with Gasteiger partial charge in [0.1, 0.15) is 11.8 Å². The molecule has 10 nitrogen and oxygen atoms in total. The summed E-state index contributed by atoms with van der Waals surface area (Å²) >= 11 is 0. The summed E-state index contributed by atoms with van der Waals surface area (Å²) < 4.78 is 0. The minimum atomic E-state index is -0.566. The van der Waals surface area contributed by atoms with Gasteiger partial charge in [0.25, 0.3) is 5.91 Å². The van der Waals surface area contributed by atoms with Crippen LogP contribution in [-0.2, 0) is 20.8 Å². The fourth-order valence-electron chi connectivity index (χ4n) is 10.5. The monoisotopic (exact) mass is 778 g/mol. The molecular weight excluding hydrogens is 725 g/mol. The lowest BCUT2D eigenvalue weighted by atomic mass is 9.88. The zero-order valence-electron chi connectivity index (χ0n) is 33.4. The maximum absolute atomic E-state index is 13.2. The van der Waals surface area contributed by atoms with Crippen LogP contribution in [-0.4, -0.2) is 107 Å². The van der Waals surface area contributed by atoms with Crippen molar-refractivity contribution in [1.82, 2.24) is 25.0 Å². The average Bonchev–Trinajstić information content (AvgIpc) is 4.07. The normalized spacial score (nSPS) is 24.9. The van der Waals surface area contributed by atoms with Crippen molar-refractivity contribution in [2.45, 2.75) is 82.2 Å². The van der Waals surface area contributed by atoms with Crippen molar-refractivity contribution in [3.05, 3.63) is 112 Å². The lowest BCUT2D eigenvalue weighted by molar-refractivity contribution is -0.142. The van der Waals surface area contributed by atoms with E-state index in [1.165, 1.54) is 70.5 Å². The highest BCUT2D eigenvalue weighted by molar-refractivity contribution is 6.07. The largest absolute Gasteiger partial charge is 0.508 e. The second kappa shape index (κ2) is 15.6. The summed E-state index contributed by atoms with van der Waals surface area (Å²) in [6.45, 7) is 7.87. The first kappa shape index (κ1) is 37.2. The highest BCUT2D eigenvalue weighted by Crippen LogP contribution is 2.43. The minimum Gasteiger partial charge on any atom is -0.508 e. The molecular formula is C48H54N6O4. The predicted molar refractivity (Wildman–Crippen MR) is 225 cm³/mol. The second-order valence-electron chi connectivity index (χ2n) is 17.6. The van der Waals surface area contributed by atoms with E-state index in [0.717, 1.165) is 82.6 Å². The topological polar surface area (TPSA) is 109 Å². The number of pyridine rings is 1. The van der Waals surface area contributed by atoms with Crippen molar-refractivity contribution < 1.29 is 19.5 Å². The molecule has 3 aromatic rings. The molecule has 1 saturated carbocycles. The number of allylic oxidation sites excluding steroid dienone is 1. The van der Waals surface area contributed by atoms with Gasteiger partial charge in [0.15, 0.2) is 0 Å². The number of fused-ring (bicyclic) bond motifs is 2. The number of piperidine rings is 2. The minimum absolute atomic E-state index is 0.0783. The Morgan fingerprint density at radius 1 is 0.810 bits per heavy atom. The molecule has 0 spiro atoms. The standard InChI is InChI=1S/C48H54N6O4/c55-39-12-14-41-34(27-39)2-1-3-40(35-8-15-43(49-28-35)32-4-5-32)46(41)33-6-9-37(10-7-33)52-20-18-31(19-21-52)29-51-22-24-53(25-23-51)38-11-13-42-36(26-38)30-54(48(42)58)44-16-17-45(56)50-47(44)57/h6-10,12-15,26-28,31-32,38,44,55H,1-5,11,16-25,29-30H2,(H,50,56,57). The number of carbonyl (C=O) groups is 3. The number of aromatic nitrogens is 1. The molecule has 0 bridgehead atoms. The van der Waals surface area contributed by atoms with E-state index in [4.69, 9.17) is 4.98 Å². The number of hydrogen-bond donors (Lipinski definition) is 2. The quantitative estimate of drug-likeness (QED) is 0.266. The summed E-state index contributed by atoms with van der Waals surface area (Å²) in [6, 6.07) is 19.3. The second-order valence-corrected chi connectivity index (χ2v) is 17.6. The Labute approximate surface area is 341 Å². The van der Waals surface area contributed by atoms with E-state index in [9.17, 15) is 19.5 Å². The Balaban J connectivity index is 0.745. The van der Waals surface area contributed by atoms with Gasteiger partial charge in [0.2, 0.25) is 11.8 Å². The third kappa shape index (κ3) is 7.41. The molecule has 7 aliphatic rings. The predicted octanol–water partition coefficient (Wildman–Crippen LogP) is 6.07. The summed E-state index contributed by atoms with van der Waals surface area (Å²) in [7, 11) is 0. The fourth-order valence-corrected chi connectivity index (χ4v) is 10.5. The van der Waals surface area contributed by atoms with Crippen molar-refractivity contribution in [2.75, 3.05) is 57.3 Å². The van der Waals surface area contributed by atoms with Crippen LogP contribution in [0.25, 0.3) is 11.1 Å². The number of carbonyl (C=O) groups excluding carboxylic acids is 3. The van der Waals surface area contributed by atoms with Crippen molar-refractivity contribution in [3.63, 3.8) is 0 Å². The number of nitrogens with zero attached hydrogens (tertiary/aromatic N) is 5. The molecule has 3 amide bonds. The number of benzene rings is 2. The molecule has 5 fully saturated rings. The van der Waals surface area contributed by atoms with Crippen LogP contribution in [0, 0.1) is 5.92 Å². The molecule has 4 aliphatic heterocycles. The van der Waals surface area contributed by atoms with Gasteiger partial charge in [-0.15, -0.1) is 0 Å². The molecule has 10 rings (SSSR count). The Hall–Kier alpha value is -5.06. The first-order chi connectivity index (χ1) is 28.3. The van der Waals surface area contributed by atoms with E-state index in [0.29, 0.717) is 30.6 Å². The number of nitrogens with one attached hydrogen (secondary N) is 1. The molecule has 10 heteroatoms. The van der Waals surface area contributed by atoms with Gasteiger partial charge in [-0.2, -0.15) is 0 Å². The number of hydrogen-bond acceptors (Lipinski definition) is 8. The summed E-state index contributed by atoms with van der Waals surface area (Å²) in [6.07, 6.45) is 15.8. The van der Waals surface area contributed by atoms with Crippen LogP contribution in [0.3, 0.4) is 0 Å². The van der Waals surface area contributed by atoms with Crippen molar-refractivity contribution in [3.8, 4) is 5.75 Å². The lowest BCUT2D eigenvalue weighted by Crippen LogP contribution is -2.52. The molecule has 1 aromatic heterocycles. The molecule has 300 valence electrons. The van der Waals surface area contributed by atoms with Crippen LogP contribution in [0.4, 0.5) is 5.69 Å². The van der Waals surface area contributed by atoms with E-state index < -0.39 is 6.04 Å². The molecule has 2 N–H and O–H groups in total. The van der Waals surface area contributed by atoms with Crippen LogP contribution in [0.2, 0.25) is 0 Å². The van der Waals surface area contributed by atoms with Crippen LogP contribution in [0.1, 0.15) is 91.7 Å². The number of aryl methyl sites for hydroxylation is 1.